The number of halogens is 1. The molecule has 2 aromatic rings. The van der Waals surface area contributed by atoms with Crippen molar-refractivity contribution >= 4 is 35.3 Å². The number of amides is 1. The third-order valence-corrected chi connectivity index (χ3v) is 2.98. The van der Waals surface area contributed by atoms with E-state index in [2.05, 4.69) is 30.9 Å². The molecular formula is C19H29ClN6O2. The van der Waals surface area contributed by atoms with Crippen LogP contribution in [0.15, 0.2) is 30.3 Å². The van der Waals surface area contributed by atoms with Crippen molar-refractivity contribution in [1.29, 1.82) is 0 Å². The highest BCUT2D eigenvalue weighted by Crippen LogP contribution is 2.11. The number of nitrogens with one attached hydrogen (secondary N) is 3. The van der Waals surface area contributed by atoms with Gasteiger partial charge in [-0.25, -0.2) is 4.79 Å². The zero-order chi connectivity index (χ0) is 21.1. The van der Waals surface area contributed by atoms with Crippen LogP contribution in [0.3, 0.4) is 0 Å². The second-order valence-electron chi connectivity index (χ2n) is 6.79. The highest BCUT2D eigenvalue weighted by atomic mass is 35.5. The number of anilines is 3. The predicted octanol–water partition coefficient (Wildman–Crippen LogP) is 4.81. The van der Waals surface area contributed by atoms with Gasteiger partial charge in [0.05, 0.1) is 6.10 Å². The molecule has 154 valence electrons. The number of carbonyl (C=O) groups excluding carboxylic acids is 1. The molecule has 1 amide bonds. The third-order valence-electron chi connectivity index (χ3n) is 2.81. The first-order valence-corrected chi connectivity index (χ1v) is 9.50. The lowest BCUT2D eigenvalue weighted by atomic mass is 10.3. The summed E-state index contributed by atoms with van der Waals surface area (Å²) < 4.78 is 4.90. The van der Waals surface area contributed by atoms with Gasteiger partial charge in [-0.3, -0.25) is 5.32 Å². The highest BCUT2D eigenvalue weighted by molar-refractivity contribution is 6.28. The number of nitrogens with zero attached hydrogens (tertiary/aromatic N) is 3. The standard InChI is InChI=1S/C10H13NO2.C9H16ClN5/c1-8(2)13-10(12)11-9-6-4-3-5-7-9;1-5(2)11-8-13-7(10)14-9(15-8)12-6(3)4/h3-8H,1-2H3,(H,11,12);5-6H,1-4H3,(H2,11,12,13,14,15). The normalized spacial score (nSPS) is 10.4. The van der Waals surface area contributed by atoms with E-state index in [9.17, 15) is 4.79 Å². The summed E-state index contributed by atoms with van der Waals surface area (Å²) in [5.41, 5.74) is 0.744. The second-order valence-corrected chi connectivity index (χ2v) is 7.13. The molecule has 0 fully saturated rings. The molecular weight excluding hydrogens is 380 g/mol. The largest absolute Gasteiger partial charge is 0.447 e. The van der Waals surface area contributed by atoms with Crippen LogP contribution in [0.2, 0.25) is 5.28 Å². The van der Waals surface area contributed by atoms with Crippen molar-refractivity contribution in [3.8, 4) is 0 Å². The lowest BCUT2D eigenvalue weighted by Crippen LogP contribution is -2.17. The number of hydrogen-bond acceptors (Lipinski definition) is 7. The fourth-order valence-electron chi connectivity index (χ4n) is 1.88. The van der Waals surface area contributed by atoms with Gasteiger partial charge in [-0.2, -0.15) is 15.0 Å². The lowest BCUT2D eigenvalue weighted by Gasteiger charge is -2.11. The van der Waals surface area contributed by atoms with Crippen molar-refractivity contribution in [3.63, 3.8) is 0 Å². The van der Waals surface area contributed by atoms with Gasteiger partial charge in [-0.05, 0) is 65.3 Å². The molecule has 0 atom stereocenters. The molecule has 3 N–H and O–H groups in total. The maximum absolute atomic E-state index is 11.1. The van der Waals surface area contributed by atoms with Gasteiger partial charge in [0.25, 0.3) is 0 Å². The first kappa shape index (κ1) is 23.4. The van der Waals surface area contributed by atoms with Gasteiger partial charge in [0.15, 0.2) is 0 Å². The summed E-state index contributed by atoms with van der Waals surface area (Å²) in [6.07, 6.45) is -0.509. The molecule has 0 saturated carbocycles. The van der Waals surface area contributed by atoms with E-state index in [-0.39, 0.29) is 23.5 Å². The Hall–Kier alpha value is -2.61. The molecule has 28 heavy (non-hydrogen) atoms. The van der Waals surface area contributed by atoms with E-state index in [0.29, 0.717) is 11.9 Å². The fraction of sp³-hybridized carbons (Fsp3) is 0.474. The molecule has 0 aliphatic rings. The molecule has 9 heteroatoms. The van der Waals surface area contributed by atoms with E-state index in [0.717, 1.165) is 5.69 Å². The van der Waals surface area contributed by atoms with Crippen LogP contribution in [0.4, 0.5) is 22.4 Å². The first-order valence-electron chi connectivity index (χ1n) is 9.13. The van der Waals surface area contributed by atoms with Crippen LogP contribution in [0, 0.1) is 0 Å². The average Bonchev–Trinajstić information content (AvgIpc) is 2.53. The van der Waals surface area contributed by atoms with Crippen molar-refractivity contribution < 1.29 is 9.53 Å². The minimum Gasteiger partial charge on any atom is -0.447 e. The van der Waals surface area contributed by atoms with Crippen molar-refractivity contribution in [2.45, 2.75) is 59.7 Å². The van der Waals surface area contributed by atoms with E-state index in [1.54, 1.807) is 0 Å². The number of aromatic nitrogens is 3. The quantitative estimate of drug-likeness (QED) is 0.630. The summed E-state index contributed by atoms with van der Waals surface area (Å²) >= 11 is 5.77. The van der Waals surface area contributed by atoms with Gasteiger partial charge in [-0.15, -0.1) is 0 Å². The molecule has 1 aromatic carbocycles. The van der Waals surface area contributed by atoms with Gasteiger partial charge >= 0.3 is 6.09 Å². The Kier molecular flexibility index (Phi) is 10.0. The highest BCUT2D eigenvalue weighted by Gasteiger charge is 2.06. The van der Waals surface area contributed by atoms with Crippen molar-refractivity contribution in [3.05, 3.63) is 35.6 Å². The monoisotopic (exact) mass is 408 g/mol. The molecule has 1 aromatic heterocycles. The van der Waals surface area contributed by atoms with Gasteiger partial charge in [0.1, 0.15) is 0 Å². The van der Waals surface area contributed by atoms with Gasteiger partial charge in [0.2, 0.25) is 17.2 Å². The third kappa shape index (κ3) is 10.5. The van der Waals surface area contributed by atoms with Crippen LogP contribution in [-0.2, 0) is 4.74 Å². The minimum atomic E-state index is -0.416. The van der Waals surface area contributed by atoms with Gasteiger partial charge in [-0.1, -0.05) is 18.2 Å². The van der Waals surface area contributed by atoms with Crippen LogP contribution in [0.25, 0.3) is 0 Å². The van der Waals surface area contributed by atoms with Crippen molar-refractivity contribution in [2.24, 2.45) is 0 Å². The van der Waals surface area contributed by atoms with E-state index in [1.165, 1.54) is 0 Å². The van der Waals surface area contributed by atoms with E-state index >= 15 is 0 Å². The first-order chi connectivity index (χ1) is 13.2. The molecule has 2 rings (SSSR count). The topological polar surface area (TPSA) is 101 Å². The maximum Gasteiger partial charge on any atom is 0.411 e. The Morgan fingerprint density at radius 1 is 0.893 bits per heavy atom. The molecule has 0 aliphatic heterocycles. The lowest BCUT2D eigenvalue weighted by molar-refractivity contribution is 0.130. The van der Waals surface area contributed by atoms with Crippen molar-refractivity contribution in [1.82, 2.24) is 15.0 Å². The van der Waals surface area contributed by atoms with Crippen LogP contribution >= 0.6 is 11.6 Å². The van der Waals surface area contributed by atoms with Crippen molar-refractivity contribution in [2.75, 3.05) is 16.0 Å². The molecule has 0 unspecified atom stereocenters. The smallest absolute Gasteiger partial charge is 0.411 e. The Morgan fingerprint density at radius 3 is 1.82 bits per heavy atom. The number of carbonyl (C=O) groups is 1. The summed E-state index contributed by atoms with van der Waals surface area (Å²) in [7, 11) is 0. The minimum absolute atomic E-state index is 0.0938. The number of rotatable bonds is 6. The predicted molar refractivity (Wildman–Crippen MR) is 114 cm³/mol. The molecule has 8 nitrogen and oxygen atoms in total. The van der Waals surface area contributed by atoms with Crippen LogP contribution < -0.4 is 16.0 Å². The van der Waals surface area contributed by atoms with Gasteiger partial charge in [0, 0.05) is 17.8 Å². The Labute approximate surface area is 171 Å². The summed E-state index contributed by atoms with van der Waals surface area (Å²) in [6, 6.07) is 9.73. The number of benzene rings is 1. The molecule has 0 bridgehead atoms. The average molecular weight is 409 g/mol. The summed E-state index contributed by atoms with van der Waals surface area (Å²) in [6.45, 7) is 11.6. The summed E-state index contributed by atoms with van der Waals surface area (Å²) in [5, 5.41) is 8.95. The molecule has 1 heterocycles. The Balaban J connectivity index is 0.000000283. The summed E-state index contributed by atoms with van der Waals surface area (Å²) in [4.78, 5) is 23.2. The Bertz CT molecular complexity index is 697. The zero-order valence-electron chi connectivity index (χ0n) is 17.2. The maximum atomic E-state index is 11.1. The van der Waals surface area contributed by atoms with E-state index < -0.39 is 6.09 Å². The van der Waals surface area contributed by atoms with Crippen LogP contribution in [0.1, 0.15) is 41.5 Å². The fourth-order valence-corrected chi connectivity index (χ4v) is 2.04. The van der Waals surface area contributed by atoms with Gasteiger partial charge < -0.3 is 15.4 Å². The second kappa shape index (κ2) is 12.0. The van der Waals surface area contributed by atoms with E-state index in [1.807, 2.05) is 71.9 Å². The SMILES string of the molecule is CC(C)Nc1nc(Cl)nc(NC(C)C)n1.CC(C)OC(=O)Nc1ccccc1. The molecule has 0 aliphatic carbocycles. The molecule has 0 radical (unpaired) electrons. The van der Waals surface area contributed by atoms with Crippen LogP contribution in [0.5, 0.6) is 0 Å². The number of para-hydroxylation sites is 1. The van der Waals surface area contributed by atoms with Crippen LogP contribution in [-0.4, -0.2) is 39.2 Å². The Morgan fingerprint density at radius 2 is 1.39 bits per heavy atom. The molecule has 0 saturated heterocycles. The zero-order valence-corrected chi connectivity index (χ0v) is 17.9. The molecule has 0 spiro atoms. The number of ether oxygens (including phenoxy) is 1. The number of hydrogen-bond donors (Lipinski definition) is 3. The summed E-state index contributed by atoms with van der Waals surface area (Å²) in [5.74, 6) is 0.987. The van der Waals surface area contributed by atoms with E-state index in [4.69, 9.17) is 16.3 Å².